The number of rotatable bonds is 8. The first-order valence-electron chi connectivity index (χ1n) is 10.3. The maximum absolute atomic E-state index is 13.1. The summed E-state index contributed by atoms with van der Waals surface area (Å²) in [4.78, 5) is 33.8. The molecule has 0 spiro atoms. The zero-order chi connectivity index (χ0) is 23.6. The summed E-state index contributed by atoms with van der Waals surface area (Å²) in [6, 6.07) is 1.58. The van der Waals surface area contributed by atoms with Crippen molar-refractivity contribution in [3.05, 3.63) is 29.5 Å². The Bertz CT molecular complexity index is 1230. The first-order valence-corrected chi connectivity index (χ1v) is 12.4. The minimum Gasteiger partial charge on any atom is -0.369 e. The summed E-state index contributed by atoms with van der Waals surface area (Å²) in [6.45, 7) is 7.78. The summed E-state index contributed by atoms with van der Waals surface area (Å²) in [7, 11) is -3.14. The Morgan fingerprint density at radius 1 is 1.28 bits per heavy atom. The molecule has 0 bridgehead atoms. The summed E-state index contributed by atoms with van der Waals surface area (Å²) in [6.07, 6.45) is 4.58. The molecule has 1 unspecified atom stereocenters. The van der Waals surface area contributed by atoms with Gasteiger partial charge in [-0.05, 0) is 39.8 Å². The molecule has 2 N–H and O–H groups in total. The normalized spacial score (nSPS) is 16.8. The van der Waals surface area contributed by atoms with E-state index in [0.717, 1.165) is 11.8 Å². The van der Waals surface area contributed by atoms with Crippen molar-refractivity contribution in [1.29, 1.82) is 0 Å². The van der Waals surface area contributed by atoms with E-state index in [0.29, 0.717) is 28.1 Å². The minimum atomic E-state index is -3.14. The highest BCUT2D eigenvalue weighted by Crippen LogP contribution is 2.24. The number of nitrogens with zero attached hydrogens (tertiary/aromatic N) is 4. The van der Waals surface area contributed by atoms with Crippen LogP contribution in [0.3, 0.4) is 0 Å². The second-order valence-corrected chi connectivity index (χ2v) is 10.5. The van der Waals surface area contributed by atoms with Gasteiger partial charge in [0.25, 0.3) is 11.8 Å². The fraction of sp³-hybridized carbons (Fsp3) is 0.476. The minimum absolute atomic E-state index is 0.0101. The first-order chi connectivity index (χ1) is 15.0. The van der Waals surface area contributed by atoms with Gasteiger partial charge in [0.1, 0.15) is 15.7 Å². The lowest BCUT2D eigenvalue weighted by Gasteiger charge is -2.19. The van der Waals surface area contributed by atoms with Gasteiger partial charge in [-0.25, -0.2) is 23.1 Å². The van der Waals surface area contributed by atoms with Crippen LogP contribution in [0, 0.1) is 5.92 Å². The number of carbonyl (C=O) groups excluding carboxylic acids is 2. The number of aliphatic imine (C=N–C) groups is 1. The van der Waals surface area contributed by atoms with Gasteiger partial charge in [0, 0.05) is 31.1 Å². The number of sulfone groups is 1. The summed E-state index contributed by atoms with van der Waals surface area (Å²) >= 11 is 0. The molecule has 0 aromatic carbocycles. The Labute approximate surface area is 187 Å². The van der Waals surface area contributed by atoms with E-state index >= 15 is 0 Å². The van der Waals surface area contributed by atoms with Gasteiger partial charge in [-0.1, -0.05) is 5.57 Å². The molecule has 3 rings (SSSR count). The van der Waals surface area contributed by atoms with E-state index in [-0.39, 0.29) is 36.7 Å². The number of anilines is 1. The first kappa shape index (κ1) is 23.6. The lowest BCUT2D eigenvalue weighted by molar-refractivity contribution is -0.120. The predicted molar refractivity (Wildman–Crippen MR) is 124 cm³/mol. The molecule has 10 nitrogen and oxygen atoms in total. The number of pyridine rings is 1. The summed E-state index contributed by atoms with van der Waals surface area (Å²) < 4.78 is 24.6. The predicted octanol–water partition coefficient (Wildman–Crippen LogP) is 1.76. The van der Waals surface area contributed by atoms with E-state index in [9.17, 15) is 18.0 Å². The molecule has 32 heavy (non-hydrogen) atoms. The molecule has 2 amide bonds. The molecule has 1 atom stereocenters. The molecular weight excluding hydrogens is 432 g/mol. The van der Waals surface area contributed by atoms with Crippen LogP contribution in [0.1, 0.15) is 44.1 Å². The largest absolute Gasteiger partial charge is 0.369 e. The number of amides is 2. The fourth-order valence-corrected chi connectivity index (χ4v) is 3.96. The standard InChI is InChI=1S/C21H28N6O4S/c1-12(2)27-19-17(11-24-27)15(9-18(26-19)22-6-7-32(5,30)31)20(28)23-10-16-13(3)8-14(4)25-21(16)29/h8-9,11-12,16H,6-7,10H2,1-5H3,(H,22,26)(H,23,28). The number of dihydropyridines is 1. The highest BCUT2D eigenvalue weighted by molar-refractivity contribution is 7.90. The van der Waals surface area contributed by atoms with E-state index in [4.69, 9.17) is 0 Å². The number of carbonyl (C=O) groups is 2. The molecular formula is C21H28N6O4S. The lowest BCUT2D eigenvalue weighted by Crippen LogP contribution is -2.34. The van der Waals surface area contributed by atoms with Crippen molar-refractivity contribution in [1.82, 2.24) is 20.1 Å². The number of nitrogens with one attached hydrogen (secondary N) is 2. The fourth-order valence-electron chi connectivity index (χ4n) is 3.49. The molecule has 0 saturated heterocycles. The van der Waals surface area contributed by atoms with Crippen LogP contribution in [-0.2, 0) is 14.6 Å². The molecule has 0 aliphatic carbocycles. The second kappa shape index (κ2) is 9.19. The van der Waals surface area contributed by atoms with Crippen molar-refractivity contribution in [2.24, 2.45) is 10.9 Å². The molecule has 0 saturated carbocycles. The zero-order valence-electron chi connectivity index (χ0n) is 18.8. The van der Waals surface area contributed by atoms with Crippen molar-refractivity contribution >= 4 is 44.2 Å². The highest BCUT2D eigenvalue weighted by atomic mass is 32.2. The van der Waals surface area contributed by atoms with Gasteiger partial charge in [-0.15, -0.1) is 0 Å². The van der Waals surface area contributed by atoms with Crippen molar-refractivity contribution < 1.29 is 18.0 Å². The Hall–Kier alpha value is -3.08. The van der Waals surface area contributed by atoms with Gasteiger partial charge in [-0.2, -0.15) is 5.10 Å². The van der Waals surface area contributed by atoms with E-state index in [1.54, 1.807) is 23.9 Å². The molecule has 3 heterocycles. The quantitative estimate of drug-likeness (QED) is 0.613. The molecule has 172 valence electrons. The second-order valence-electron chi connectivity index (χ2n) is 8.27. The topological polar surface area (TPSA) is 135 Å². The van der Waals surface area contributed by atoms with Crippen molar-refractivity contribution in [3.63, 3.8) is 0 Å². The lowest BCUT2D eigenvalue weighted by atomic mass is 9.95. The average molecular weight is 461 g/mol. The number of hydrogen-bond donors (Lipinski definition) is 2. The van der Waals surface area contributed by atoms with Crippen LogP contribution in [0.5, 0.6) is 0 Å². The van der Waals surface area contributed by atoms with E-state index in [1.807, 2.05) is 26.8 Å². The van der Waals surface area contributed by atoms with E-state index < -0.39 is 15.8 Å². The van der Waals surface area contributed by atoms with E-state index in [2.05, 4.69) is 25.7 Å². The Morgan fingerprint density at radius 2 is 2.00 bits per heavy atom. The smallest absolute Gasteiger partial charge is 0.254 e. The third kappa shape index (κ3) is 5.39. The molecule has 0 fully saturated rings. The number of hydrogen-bond acceptors (Lipinski definition) is 7. The molecule has 2 aromatic heterocycles. The third-order valence-electron chi connectivity index (χ3n) is 5.12. The monoisotopic (exact) mass is 460 g/mol. The summed E-state index contributed by atoms with van der Waals surface area (Å²) in [5.74, 6) is -0.853. The van der Waals surface area contributed by atoms with Gasteiger partial charge in [0.05, 0.1) is 28.8 Å². The van der Waals surface area contributed by atoms with Gasteiger partial charge in [-0.3, -0.25) is 9.59 Å². The van der Waals surface area contributed by atoms with Crippen molar-refractivity contribution in [2.75, 3.05) is 30.4 Å². The molecule has 1 aliphatic heterocycles. The van der Waals surface area contributed by atoms with Crippen molar-refractivity contribution in [2.45, 2.75) is 33.7 Å². The molecule has 1 aliphatic rings. The summed E-state index contributed by atoms with van der Waals surface area (Å²) in [5.41, 5.74) is 2.35. The van der Waals surface area contributed by atoms with Crippen molar-refractivity contribution in [3.8, 4) is 0 Å². The number of allylic oxidation sites excluding steroid dienone is 1. The Kier molecular flexibility index (Phi) is 6.77. The van der Waals surface area contributed by atoms with Crippen LogP contribution in [0.15, 0.2) is 28.9 Å². The molecule has 11 heteroatoms. The average Bonchev–Trinajstić information content (AvgIpc) is 3.09. The van der Waals surface area contributed by atoms with Crippen LogP contribution in [0.4, 0.5) is 5.82 Å². The molecule has 0 radical (unpaired) electrons. The van der Waals surface area contributed by atoms with Crippen LogP contribution in [0.2, 0.25) is 0 Å². The van der Waals surface area contributed by atoms with Gasteiger partial charge < -0.3 is 10.6 Å². The maximum Gasteiger partial charge on any atom is 0.254 e. The summed E-state index contributed by atoms with van der Waals surface area (Å²) in [5, 5.41) is 10.7. The number of aromatic nitrogens is 3. The van der Waals surface area contributed by atoms with Gasteiger partial charge >= 0.3 is 0 Å². The van der Waals surface area contributed by atoms with Gasteiger partial charge in [0.15, 0.2) is 5.65 Å². The van der Waals surface area contributed by atoms with Crippen LogP contribution in [0.25, 0.3) is 11.0 Å². The Morgan fingerprint density at radius 3 is 2.62 bits per heavy atom. The van der Waals surface area contributed by atoms with Crippen LogP contribution >= 0.6 is 0 Å². The maximum atomic E-state index is 13.1. The van der Waals surface area contributed by atoms with E-state index in [1.165, 1.54) is 0 Å². The number of fused-ring (bicyclic) bond motifs is 1. The molecule has 2 aromatic rings. The zero-order valence-corrected chi connectivity index (χ0v) is 19.7. The SMILES string of the molecule is CC1=CC(C)=NC(=O)C1CNC(=O)c1cc(NCCS(C)(=O)=O)nc2c1cnn2C(C)C. The third-order valence-corrected chi connectivity index (χ3v) is 6.06. The van der Waals surface area contributed by atoms with Crippen LogP contribution < -0.4 is 10.6 Å². The Balaban J connectivity index is 1.87. The highest BCUT2D eigenvalue weighted by Gasteiger charge is 2.25. The van der Waals surface area contributed by atoms with Gasteiger partial charge in [0.2, 0.25) is 0 Å². The van der Waals surface area contributed by atoms with Crippen LogP contribution in [-0.4, -0.2) is 65.8 Å².